The van der Waals surface area contributed by atoms with Crippen LogP contribution >= 0.6 is 7.14 Å². The van der Waals surface area contributed by atoms with Crippen LogP contribution in [0.3, 0.4) is 0 Å². The van der Waals surface area contributed by atoms with Gasteiger partial charge in [-0.1, -0.05) is 0 Å². The molecule has 2 aliphatic heterocycles. The van der Waals surface area contributed by atoms with E-state index >= 15 is 4.57 Å². The summed E-state index contributed by atoms with van der Waals surface area (Å²) in [4.78, 5) is 2.30. The van der Waals surface area contributed by atoms with Crippen LogP contribution in [0.15, 0.2) is 182 Å². The summed E-state index contributed by atoms with van der Waals surface area (Å²) in [6, 6.07) is 63.7. The molecule has 0 N–H and O–H groups in total. The Morgan fingerprint density at radius 1 is 0.468 bits per heavy atom. The minimum absolute atomic E-state index is 0.808. The van der Waals surface area contributed by atoms with Gasteiger partial charge in [0.15, 0.2) is 0 Å². The number of para-hydroxylation sites is 4. The zero-order chi connectivity index (χ0) is 31.4. The Bertz CT molecular complexity index is 2240. The molecule has 47 heavy (non-hydrogen) atoms. The molecule has 0 aromatic heterocycles. The molecule has 0 bridgehead atoms. The standard InChI is InChI=1S/C42H30GeNO2P/c45-47(34-20-8-3-9-21-34)41-27-15-10-22-35(41)43(31-16-4-1-5-17-31,32-18-6-2-7-19-32)36-30-33(28-29-42(36)47)44-37-23-11-13-25-39(37)46-40-26-14-12-24-38(40)44/h1-30H. The topological polar surface area (TPSA) is 29.5 Å². The summed E-state index contributed by atoms with van der Waals surface area (Å²) < 4.78 is 27.5. The summed E-state index contributed by atoms with van der Waals surface area (Å²) in [6.07, 6.45) is 0. The van der Waals surface area contributed by atoms with Gasteiger partial charge in [-0.25, -0.2) is 0 Å². The normalized spacial score (nSPS) is 17.0. The van der Waals surface area contributed by atoms with Crippen LogP contribution < -0.4 is 43.1 Å². The van der Waals surface area contributed by atoms with Crippen LogP contribution in [-0.2, 0) is 4.57 Å². The third-order valence-corrected chi connectivity index (χ3v) is 23.8. The van der Waals surface area contributed by atoms with Crippen molar-refractivity contribution in [2.24, 2.45) is 0 Å². The fourth-order valence-electron chi connectivity index (χ4n) is 7.64. The second kappa shape index (κ2) is 11.0. The molecule has 7 aromatic carbocycles. The first-order valence-corrected chi connectivity index (χ1v) is 21.8. The van der Waals surface area contributed by atoms with E-state index < -0.39 is 20.4 Å². The zero-order valence-electron chi connectivity index (χ0n) is 25.5. The summed E-state index contributed by atoms with van der Waals surface area (Å²) in [5, 5.41) is 2.76. The van der Waals surface area contributed by atoms with E-state index in [0.717, 1.165) is 44.5 Å². The second-order valence-corrected chi connectivity index (χ2v) is 22.5. The van der Waals surface area contributed by atoms with Crippen LogP contribution in [-0.4, -0.2) is 13.3 Å². The van der Waals surface area contributed by atoms with Gasteiger partial charge in [-0.05, 0) is 0 Å². The average molecular weight is 684 g/mol. The van der Waals surface area contributed by atoms with Crippen molar-refractivity contribution in [2.45, 2.75) is 0 Å². The van der Waals surface area contributed by atoms with Gasteiger partial charge in [0.05, 0.1) is 0 Å². The van der Waals surface area contributed by atoms with Crippen molar-refractivity contribution < 1.29 is 9.30 Å². The number of hydrogen-bond acceptors (Lipinski definition) is 3. The molecule has 0 amide bonds. The quantitative estimate of drug-likeness (QED) is 0.155. The summed E-state index contributed by atoms with van der Waals surface area (Å²) in [6.45, 7) is 0. The van der Waals surface area contributed by atoms with Gasteiger partial charge in [-0.3, -0.25) is 0 Å². The van der Waals surface area contributed by atoms with E-state index in [4.69, 9.17) is 4.74 Å². The van der Waals surface area contributed by atoms with Crippen LogP contribution in [0.2, 0.25) is 0 Å². The first kappa shape index (κ1) is 28.2. The number of nitrogens with zero attached hydrogens (tertiary/aromatic N) is 1. The summed E-state index contributed by atoms with van der Waals surface area (Å²) in [7, 11) is -3.26. The van der Waals surface area contributed by atoms with Crippen molar-refractivity contribution in [1.29, 1.82) is 0 Å². The van der Waals surface area contributed by atoms with E-state index in [-0.39, 0.29) is 0 Å². The van der Waals surface area contributed by atoms with E-state index in [9.17, 15) is 0 Å². The number of benzene rings is 7. The first-order chi connectivity index (χ1) is 23.2. The fourth-order valence-corrected chi connectivity index (χ4v) is 24.4. The van der Waals surface area contributed by atoms with Crippen molar-refractivity contribution in [3.63, 3.8) is 0 Å². The third-order valence-electron chi connectivity index (χ3n) is 9.59. The Morgan fingerprint density at radius 2 is 0.957 bits per heavy atom. The van der Waals surface area contributed by atoms with E-state index in [2.05, 4.69) is 132 Å². The van der Waals surface area contributed by atoms with Crippen molar-refractivity contribution in [3.8, 4) is 11.5 Å². The monoisotopic (exact) mass is 685 g/mol. The van der Waals surface area contributed by atoms with Crippen LogP contribution in [0.25, 0.3) is 0 Å². The van der Waals surface area contributed by atoms with Crippen molar-refractivity contribution >= 4 is 71.0 Å². The molecule has 7 aromatic rings. The number of ether oxygens (including phenoxy) is 1. The number of fused-ring (bicyclic) bond motifs is 4. The van der Waals surface area contributed by atoms with Crippen LogP contribution in [0.4, 0.5) is 17.1 Å². The van der Waals surface area contributed by atoms with Crippen LogP contribution in [0, 0.1) is 0 Å². The van der Waals surface area contributed by atoms with Crippen LogP contribution in [0.5, 0.6) is 11.5 Å². The first-order valence-electron chi connectivity index (χ1n) is 15.9. The van der Waals surface area contributed by atoms with Gasteiger partial charge in [-0.15, -0.1) is 0 Å². The maximum absolute atomic E-state index is 16.1. The summed E-state index contributed by atoms with van der Waals surface area (Å²) in [5.41, 5.74) is 2.98. The average Bonchev–Trinajstić information content (AvgIpc) is 3.15. The molecule has 1 atom stereocenters. The Hall–Kier alpha value is -5.09. The Kier molecular flexibility index (Phi) is 6.60. The van der Waals surface area contributed by atoms with E-state index in [0.29, 0.717) is 0 Å². The number of rotatable bonds is 4. The molecule has 2 heterocycles. The van der Waals surface area contributed by atoms with Gasteiger partial charge < -0.3 is 0 Å². The van der Waals surface area contributed by atoms with E-state index in [1.165, 1.54) is 17.6 Å². The molecular formula is C42H30GeNO2P. The molecule has 0 fully saturated rings. The van der Waals surface area contributed by atoms with Crippen LogP contribution in [0.1, 0.15) is 0 Å². The fraction of sp³-hybridized carbons (Fsp3) is 0. The molecule has 9 rings (SSSR count). The Labute approximate surface area is 277 Å². The third kappa shape index (κ3) is 4.10. The summed E-state index contributed by atoms with van der Waals surface area (Å²) in [5.74, 6) is 1.62. The van der Waals surface area contributed by atoms with E-state index in [1.54, 1.807) is 0 Å². The predicted molar refractivity (Wildman–Crippen MR) is 198 cm³/mol. The molecule has 0 aliphatic carbocycles. The second-order valence-electron chi connectivity index (χ2n) is 12.0. The van der Waals surface area contributed by atoms with Gasteiger partial charge in [0.1, 0.15) is 0 Å². The molecule has 0 spiro atoms. The molecule has 1 unspecified atom stereocenters. The molecule has 3 nitrogen and oxygen atoms in total. The molecule has 2 aliphatic rings. The van der Waals surface area contributed by atoms with Gasteiger partial charge in [0.25, 0.3) is 0 Å². The van der Waals surface area contributed by atoms with Gasteiger partial charge >= 0.3 is 279 Å². The molecule has 0 radical (unpaired) electrons. The zero-order valence-corrected chi connectivity index (χ0v) is 28.5. The Balaban J connectivity index is 1.43. The number of hydrogen-bond donors (Lipinski definition) is 0. The van der Waals surface area contributed by atoms with Crippen molar-refractivity contribution in [1.82, 2.24) is 0 Å². The van der Waals surface area contributed by atoms with Gasteiger partial charge in [0, 0.05) is 0 Å². The minimum atomic E-state index is -3.80. The van der Waals surface area contributed by atoms with E-state index in [1.807, 2.05) is 54.6 Å². The SMILES string of the molecule is O=P1(c2ccccc2)c2cccc[c]2[Ge]([c]2ccccc2)([c]2ccccc2)[c]2cc(N3c4ccccc4Oc4ccccc43)ccc21. The van der Waals surface area contributed by atoms with Crippen molar-refractivity contribution in [2.75, 3.05) is 4.90 Å². The molecule has 5 heteroatoms. The Morgan fingerprint density at radius 3 is 1.57 bits per heavy atom. The molecular weight excluding hydrogens is 654 g/mol. The summed E-state index contributed by atoms with van der Waals surface area (Å²) >= 11 is -3.80. The maximum atomic E-state index is 16.1. The molecule has 224 valence electrons. The van der Waals surface area contributed by atoms with Gasteiger partial charge in [-0.2, -0.15) is 0 Å². The van der Waals surface area contributed by atoms with Crippen molar-refractivity contribution in [3.05, 3.63) is 182 Å². The van der Waals surface area contributed by atoms with Gasteiger partial charge in [0.2, 0.25) is 0 Å². The predicted octanol–water partition coefficient (Wildman–Crippen LogP) is 6.59. The molecule has 0 saturated heterocycles. The molecule has 0 saturated carbocycles. The number of anilines is 3.